The molecule has 0 aliphatic carbocycles. The molecule has 0 amide bonds. The zero-order chi connectivity index (χ0) is 13.5. The highest BCUT2D eigenvalue weighted by Crippen LogP contribution is 2.28. The van der Waals surface area contributed by atoms with Gasteiger partial charge in [-0.05, 0) is 24.1 Å². The predicted octanol–water partition coefficient (Wildman–Crippen LogP) is 4.11. The van der Waals surface area contributed by atoms with E-state index in [0.717, 1.165) is 23.2 Å². The Morgan fingerprint density at radius 1 is 1.32 bits per heavy atom. The second-order valence-electron chi connectivity index (χ2n) is 5.47. The molecule has 0 saturated carbocycles. The van der Waals surface area contributed by atoms with Gasteiger partial charge in [-0.3, -0.25) is 0 Å². The summed E-state index contributed by atoms with van der Waals surface area (Å²) in [7, 11) is 0. The molecule has 1 aromatic carbocycles. The van der Waals surface area contributed by atoms with Gasteiger partial charge in [0, 0.05) is 17.7 Å². The number of aryl methyl sites for hydroxylation is 1. The van der Waals surface area contributed by atoms with Crippen molar-refractivity contribution in [3.8, 4) is 0 Å². The molecule has 0 N–H and O–H groups in total. The van der Waals surface area contributed by atoms with Crippen molar-refractivity contribution in [1.29, 1.82) is 0 Å². The van der Waals surface area contributed by atoms with Crippen LogP contribution in [0.25, 0.3) is 11.1 Å². The number of hydrogen-bond donors (Lipinski definition) is 0. The van der Waals surface area contributed by atoms with Crippen LogP contribution in [0, 0.1) is 6.92 Å². The maximum Gasteiger partial charge on any atom is 0.192 e. The molecule has 0 bridgehead atoms. The molecule has 0 aliphatic rings. The summed E-state index contributed by atoms with van der Waals surface area (Å²) >= 11 is 1.64. The van der Waals surface area contributed by atoms with E-state index in [9.17, 15) is 0 Å². The molecule has 0 saturated heterocycles. The maximum absolute atomic E-state index is 5.59. The summed E-state index contributed by atoms with van der Waals surface area (Å²) in [6.07, 6.45) is 0.937. The molecular formula is C15H16N2OS. The largest absolute Gasteiger partial charge is 0.441 e. The van der Waals surface area contributed by atoms with E-state index in [1.807, 2.05) is 18.5 Å². The van der Waals surface area contributed by atoms with E-state index in [4.69, 9.17) is 4.42 Å². The quantitative estimate of drug-likeness (QED) is 0.720. The van der Waals surface area contributed by atoms with E-state index < -0.39 is 0 Å². The first-order valence-corrected chi connectivity index (χ1v) is 7.24. The average Bonchev–Trinajstić information content (AvgIpc) is 2.95. The van der Waals surface area contributed by atoms with Crippen LogP contribution in [-0.4, -0.2) is 9.97 Å². The number of hydrogen-bond acceptors (Lipinski definition) is 4. The Hall–Kier alpha value is -1.68. The molecule has 19 heavy (non-hydrogen) atoms. The fraction of sp³-hybridized carbons (Fsp3) is 0.333. The molecule has 2 heterocycles. The number of fused-ring (bicyclic) bond motifs is 1. The smallest absolute Gasteiger partial charge is 0.192 e. The van der Waals surface area contributed by atoms with Crippen molar-refractivity contribution in [3.63, 3.8) is 0 Å². The third kappa shape index (κ3) is 2.40. The highest BCUT2D eigenvalue weighted by Gasteiger charge is 2.23. The minimum atomic E-state index is 0.0305. The van der Waals surface area contributed by atoms with Gasteiger partial charge in [0.05, 0.1) is 11.2 Å². The highest BCUT2D eigenvalue weighted by molar-refractivity contribution is 7.07. The van der Waals surface area contributed by atoms with Crippen LogP contribution in [-0.2, 0) is 11.8 Å². The second-order valence-corrected chi connectivity index (χ2v) is 6.19. The lowest BCUT2D eigenvalue weighted by Crippen LogP contribution is -2.20. The molecular weight excluding hydrogens is 256 g/mol. The molecule has 0 atom stereocenters. The standard InChI is InChI=1S/C15H16N2OS/c1-10-17-12-5-4-11(6-13(12)18-10)7-15(2,3)14-8-19-9-16-14/h4-6,8-9H,7H2,1-3H3. The van der Waals surface area contributed by atoms with Crippen LogP contribution in [0.2, 0.25) is 0 Å². The summed E-state index contributed by atoms with van der Waals surface area (Å²) in [5, 5.41) is 2.12. The van der Waals surface area contributed by atoms with E-state index in [0.29, 0.717) is 5.89 Å². The fourth-order valence-electron chi connectivity index (χ4n) is 2.34. The van der Waals surface area contributed by atoms with Crippen molar-refractivity contribution in [3.05, 3.63) is 46.2 Å². The summed E-state index contributed by atoms with van der Waals surface area (Å²) in [5.41, 5.74) is 6.10. The van der Waals surface area contributed by atoms with Gasteiger partial charge in [0.2, 0.25) is 0 Å². The van der Waals surface area contributed by atoms with Gasteiger partial charge in [-0.2, -0.15) is 0 Å². The minimum Gasteiger partial charge on any atom is -0.441 e. The lowest BCUT2D eigenvalue weighted by molar-refractivity contribution is 0.508. The first-order chi connectivity index (χ1) is 9.04. The molecule has 98 valence electrons. The van der Waals surface area contributed by atoms with Gasteiger partial charge in [0.15, 0.2) is 11.5 Å². The van der Waals surface area contributed by atoms with E-state index in [2.05, 4.69) is 41.3 Å². The molecule has 2 aromatic heterocycles. The Kier molecular flexibility index (Phi) is 2.90. The topological polar surface area (TPSA) is 38.9 Å². The summed E-state index contributed by atoms with van der Waals surface area (Å²) in [4.78, 5) is 8.76. The number of aromatic nitrogens is 2. The first-order valence-electron chi connectivity index (χ1n) is 6.29. The van der Waals surface area contributed by atoms with Gasteiger partial charge in [0.25, 0.3) is 0 Å². The van der Waals surface area contributed by atoms with Crippen LogP contribution in [0.4, 0.5) is 0 Å². The Labute approximate surface area is 116 Å². The van der Waals surface area contributed by atoms with Crippen LogP contribution in [0.1, 0.15) is 31.0 Å². The molecule has 0 unspecified atom stereocenters. The van der Waals surface area contributed by atoms with Crippen LogP contribution in [0.3, 0.4) is 0 Å². The number of nitrogens with zero attached hydrogens (tertiary/aromatic N) is 2. The first kappa shape index (κ1) is 12.4. The zero-order valence-corrected chi connectivity index (χ0v) is 12.1. The van der Waals surface area contributed by atoms with Crippen molar-refractivity contribution < 1.29 is 4.42 Å². The van der Waals surface area contributed by atoms with Crippen molar-refractivity contribution in [1.82, 2.24) is 9.97 Å². The Bertz CT molecular complexity index is 698. The molecule has 0 radical (unpaired) electrons. The number of benzene rings is 1. The van der Waals surface area contributed by atoms with E-state index in [1.165, 1.54) is 5.56 Å². The van der Waals surface area contributed by atoms with Gasteiger partial charge in [0.1, 0.15) is 5.52 Å². The average molecular weight is 272 g/mol. The Balaban J connectivity index is 1.92. The van der Waals surface area contributed by atoms with Gasteiger partial charge < -0.3 is 4.42 Å². The SMILES string of the molecule is Cc1nc2ccc(CC(C)(C)c3cscn3)cc2o1. The number of rotatable bonds is 3. The monoisotopic (exact) mass is 272 g/mol. The van der Waals surface area contributed by atoms with Crippen molar-refractivity contribution in [2.75, 3.05) is 0 Å². The third-order valence-corrected chi connectivity index (χ3v) is 3.92. The lowest BCUT2D eigenvalue weighted by atomic mass is 9.83. The van der Waals surface area contributed by atoms with E-state index in [1.54, 1.807) is 11.3 Å². The molecule has 3 rings (SSSR count). The molecule has 0 fully saturated rings. The van der Waals surface area contributed by atoms with Crippen LogP contribution >= 0.6 is 11.3 Å². The summed E-state index contributed by atoms with van der Waals surface area (Å²) < 4.78 is 5.59. The molecule has 0 spiro atoms. The van der Waals surface area contributed by atoms with Crippen LogP contribution in [0.5, 0.6) is 0 Å². The van der Waals surface area contributed by atoms with Gasteiger partial charge in [-0.1, -0.05) is 19.9 Å². The zero-order valence-electron chi connectivity index (χ0n) is 11.3. The van der Waals surface area contributed by atoms with Crippen molar-refractivity contribution in [2.45, 2.75) is 32.6 Å². The van der Waals surface area contributed by atoms with Crippen molar-refractivity contribution in [2.24, 2.45) is 0 Å². The third-order valence-electron chi connectivity index (χ3n) is 3.33. The molecule has 4 heteroatoms. The van der Waals surface area contributed by atoms with Crippen molar-refractivity contribution >= 4 is 22.4 Å². The maximum atomic E-state index is 5.59. The molecule has 3 aromatic rings. The molecule has 0 aliphatic heterocycles. The summed E-state index contributed by atoms with van der Waals surface area (Å²) in [5.74, 6) is 0.714. The number of oxazole rings is 1. The van der Waals surface area contributed by atoms with Crippen LogP contribution < -0.4 is 0 Å². The minimum absolute atomic E-state index is 0.0305. The predicted molar refractivity (Wildman–Crippen MR) is 77.6 cm³/mol. The fourth-order valence-corrected chi connectivity index (χ4v) is 3.09. The van der Waals surface area contributed by atoms with Crippen LogP contribution in [0.15, 0.2) is 33.5 Å². The van der Waals surface area contributed by atoms with Gasteiger partial charge in [-0.25, -0.2) is 9.97 Å². The number of thiazole rings is 1. The molecule has 3 nitrogen and oxygen atoms in total. The highest BCUT2D eigenvalue weighted by atomic mass is 32.1. The summed E-state index contributed by atoms with van der Waals surface area (Å²) in [6, 6.07) is 6.24. The van der Waals surface area contributed by atoms with E-state index >= 15 is 0 Å². The summed E-state index contributed by atoms with van der Waals surface area (Å²) in [6.45, 7) is 6.31. The van der Waals surface area contributed by atoms with Gasteiger partial charge in [-0.15, -0.1) is 11.3 Å². The van der Waals surface area contributed by atoms with Gasteiger partial charge >= 0.3 is 0 Å². The lowest BCUT2D eigenvalue weighted by Gasteiger charge is -2.22. The Morgan fingerprint density at radius 3 is 2.89 bits per heavy atom. The normalized spacial score (nSPS) is 12.2. The Morgan fingerprint density at radius 2 is 2.16 bits per heavy atom. The second kappa shape index (κ2) is 4.46. The van der Waals surface area contributed by atoms with E-state index in [-0.39, 0.29) is 5.41 Å².